The van der Waals surface area contributed by atoms with Gasteiger partial charge in [0.15, 0.2) is 5.13 Å². The molecule has 2 amide bonds. The van der Waals surface area contributed by atoms with Gasteiger partial charge in [0.05, 0.1) is 5.69 Å². The molecular formula is C14H15BrN4OS. The number of urea groups is 1. The van der Waals surface area contributed by atoms with Crippen LogP contribution >= 0.6 is 27.3 Å². The average Bonchev–Trinajstić information content (AvgIpc) is 2.79. The topological polar surface area (TPSA) is 57.3 Å². The summed E-state index contributed by atoms with van der Waals surface area (Å²) in [6.45, 7) is 1.92. The van der Waals surface area contributed by atoms with Gasteiger partial charge in [0, 0.05) is 34.5 Å². The molecule has 0 fully saturated rings. The first kappa shape index (κ1) is 14.5. The number of carbonyl (C=O) groups excluding carboxylic acids is 1. The summed E-state index contributed by atoms with van der Waals surface area (Å²) >= 11 is 4.92. The van der Waals surface area contributed by atoms with Crippen molar-refractivity contribution in [1.82, 2.24) is 9.88 Å². The largest absolute Gasteiger partial charge is 0.325 e. The van der Waals surface area contributed by atoms with Crippen LogP contribution in [0.2, 0.25) is 0 Å². The second kappa shape index (κ2) is 6.13. The van der Waals surface area contributed by atoms with Crippen molar-refractivity contribution in [3.05, 3.63) is 39.3 Å². The molecule has 0 unspecified atom stereocenters. The Bertz CT molecular complexity index is 673. The van der Waals surface area contributed by atoms with Gasteiger partial charge in [-0.3, -0.25) is 5.32 Å². The number of nitrogens with one attached hydrogen (secondary N) is 2. The number of fused-ring (bicyclic) bond motifs is 1. The molecule has 0 saturated carbocycles. The van der Waals surface area contributed by atoms with E-state index in [1.165, 1.54) is 4.88 Å². The lowest BCUT2D eigenvalue weighted by molar-refractivity contribution is 0.262. The maximum Gasteiger partial charge on any atom is 0.325 e. The molecule has 1 aromatic heterocycles. The highest BCUT2D eigenvalue weighted by Gasteiger charge is 2.19. The number of anilines is 2. The molecule has 2 heterocycles. The fourth-order valence-electron chi connectivity index (χ4n) is 2.20. The minimum Gasteiger partial charge on any atom is -0.308 e. The molecule has 1 aliphatic heterocycles. The van der Waals surface area contributed by atoms with Crippen molar-refractivity contribution in [3.8, 4) is 0 Å². The summed E-state index contributed by atoms with van der Waals surface area (Å²) < 4.78 is 0.924. The maximum atomic E-state index is 12.0. The molecule has 0 radical (unpaired) electrons. The van der Waals surface area contributed by atoms with E-state index in [4.69, 9.17) is 0 Å². The summed E-state index contributed by atoms with van der Waals surface area (Å²) in [5.41, 5.74) is 1.85. The van der Waals surface area contributed by atoms with Gasteiger partial charge in [0.2, 0.25) is 0 Å². The van der Waals surface area contributed by atoms with Crippen molar-refractivity contribution in [2.75, 3.05) is 24.2 Å². The van der Waals surface area contributed by atoms with Crippen LogP contribution in [-0.2, 0) is 13.0 Å². The molecule has 0 atom stereocenters. The standard InChI is InChI=1S/C14H15BrN4OS/c1-19-6-5-11-12(8-19)21-14(17-11)18-13(20)16-10-4-2-3-9(15)7-10/h2-4,7H,5-6,8H2,1H3,(H2,16,17,18,20). The zero-order valence-electron chi connectivity index (χ0n) is 11.5. The van der Waals surface area contributed by atoms with Crippen LogP contribution in [0.25, 0.3) is 0 Å². The number of nitrogens with zero attached hydrogens (tertiary/aromatic N) is 2. The van der Waals surface area contributed by atoms with Gasteiger partial charge in [-0.1, -0.05) is 22.0 Å². The van der Waals surface area contributed by atoms with Crippen molar-refractivity contribution in [3.63, 3.8) is 0 Å². The van der Waals surface area contributed by atoms with E-state index in [-0.39, 0.29) is 6.03 Å². The monoisotopic (exact) mass is 366 g/mol. The predicted molar refractivity (Wildman–Crippen MR) is 88.9 cm³/mol. The van der Waals surface area contributed by atoms with Crippen molar-refractivity contribution in [2.45, 2.75) is 13.0 Å². The number of likely N-dealkylation sites (N-methyl/N-ethyl adjacent to an activating group) is 1. The third kappa shape index (κ3) is 3.61. The van der Waals surface area contributed by atoms with Gasteiger partial charge in [0.25, 0.3) is 0 Å². The summed E-state index contributed by atoms with van der Waals surface area (Å²) in [5.74, 6) is 0. The first-order valence-corrected chi connectivity index (χ1v) is 8.22. The fraction of sp³-hybridized carbons (Fsp3) is 0.286. The van der Waals surface area contributed by atoms with E-state index in [0.717, 1.165) is 35.4 Å². The van der Waals surface area contributed by atoms with E-state index in [2.05, 4.69) is 43.5 Å². The Morgan fingerprint density at radius 2 is 2.29 bits per heavy atom. The number of amides is 2. The zero-order valence-corrected chi connectivity index (χ0v) is 13.9. The molecule has 2 aromatic rings. The summed E-state index contributed by atoms with van der Waals surface area (Å²) in [5, 5.41) is 6.26. The maximum absolute atomic E-state index is 12.0. The number of aromatic nitrogens is 1. The second-order valence-electron chi connectivity index (χ2n) is 4.97. The Kier molecular flexibility index (Phi) is 4.23. The van der Waals surface area contributed by atoms with Crippen LogP contribution < -0.4 is 10.6 Å². The lowest BCUT2D eigenvalue weighted by Gasteiger charge is -2.20. The van der Waals surface area contributed by atoms with Gasteiger partial charge in [-0.15, -0.1) is 11.3 Å². The summed E-state index contributed by atoms with van der Waals surface area (Å²) in [4.78, 5) is 20.0. The molecule has 3 rings (SSSR count). The Labute approximate surface area is 135 Å². The number of hydrogen-bond acceptors (Lipinski definition) is 4. The molecule has 110 valence electrons. The minimum atomic E-state index is -0.271. The molecule has 1 aromatic carbocycles. The highest BCUT2D eigenvalue weighted by molar-refractivity contribution is 9.10. The lowest BCUT2D eigenvalue weighted by atomic mass is 10.2. The summed E-state index contributed by atoms with van der Waals surface area (Å²) in [6, 6.07) is 7.20. The number of halogens is 1. The fourth-order valence-corrected chi connectivity index (χ4v) is 3.68. The Morgan fingerprint density at radius 3 is 3.10 bits per heavy atom. The van der Waals surface area contributed by atoms with E-state index in [1.807, 2.05) is 24.3 Å². The SMILES string of the molecule is CN1CCc2nc(NC(=O)Nc3cccc(Br)c3)sc2C1. The van der Waals surface area contributed by atoms with E-state index in [1.54, 1.807) is 11.3 Å². The van der Waals surface area contributed by atoms with Crippen molar-refractivity contribution in [1.29, 1.82) is 0 Å². The van der Waals surface area contributed by atoms with Crippen LogP contribution in [0.4, 0.5) is 15.6 Å². The first-order chi connectivity index (χ1) is 10.1. The predicted octanol–water partition coefficient (Wildman–Crippen LogP) is 3.54. The number of hydrogen-bond donors (Lipinski definition) is 2. The van der Waals surface area contributed by atoms with Gasteiger partial charge in [-0.05, 0) is 25.2 Å². The number of rotatable bonds is 2. The van der Waals surface area contributed by atoms with Gasteiger partial charge in [-0.2, -0.15) is 0 Å². The molecule has 0 bridgehead atoms. The summed E-state index contributed by atoms with van der Waals surface area (Å²) in [7, 11) is 2.09. The van der Waals surface area contributed by atoms with Crippen LogP contribution in [0.3, 0.4) is 0 Å². The third-order valence-electron chi connectivity index (χ3n) is 3.23. The van der Waals surface area contributed by atoms with Crippen LogP contribution in [0.15, 0.2) is 28.7 Å². The Balaban J connectivity index is 1.65. The number of carbonyl (C=O) groups is 1. The van der Waals surface area contributed by atoms with Crippen molar-refractivity contribution in [2.24, 2.45) is 0 Å². The average molecular weight is 367 g/mol. The normalized spacial score (nSPS) is 14.6. The third-order valence-corrected chi connectivity index (χ3v) is 4.72. The first-order valence-electron chi connectivity index (χ1n) is 6.61. The molecule has 7 heteroatoms. The van der Waals surface area contributed by atoms with Gasteiger partial charge in [-0.25, -0.2) is 9.78 Å². The van der Waals surface area contributed by atoms with Gasteiger partial charge < -0.3 is 10.2 Å². The lowest BCUT2D eigenvalue weighted by Crippen LogP contribution is -2.25. The minimum absolute atomic E-state index is 0.271. The zero-order chi connectivity index (χ0) is 14.8. The molecule has 5 nitrogen and oxygen atoms in total. The van der Waals surface area contributed by atoms with Crippen molar-refractivity contribution < 1.29 is 4.79 Å². The van der Waals surface area contributed by atoms with Crippen molar-refractivity contribution >= 4 is 44.1 Å². The molecule has 0 aliphatic carbocycles. The van der Waals surface area contributed by atoms with Gasteiger partial charge in [0.1, 0.15) is 0 Å². The smallest absolute Gasteiger partial charge is 0.308 e. The molecule has 21 heavy (non-hydrogen) atoms. The molecule has 1 aliphatic rings. The van der Waals surface area contributed by atoms with E-state index in [9.17, 15) is 4.79 Å². The summed E-state index contributed by atoms with van der Waals surface area (Å²) in [6.07, 6.45) is 0.942. The highest BCUT2D eigenvalue weighted by Crippen LogP contribution is 2.27. The molecule has 2 N–H and O–H groups in total. The Hall–Kier alpha value is -1.44. The Morgan fingerprint density at radius 1 is 1.43 bits per heavy atom. The second-order valence-corrected chi connectivity index (χ2v) is 6.97. The van der Waals surface area contributed by atoms with Crippen LogP contribution in [0.1, 0.15) is 10.6 Å². The van der Waals surface area contributed by atoms with E-state index < -0.39 is 0 Å². The quantitative estimate of drug-likeness (QED) is 0.854. The molecular weight excluding hydrogens is 352 g/mol. The highest BCUT2D eigenvalue weighted by atomic mass is 79.9. The molecule has 0 saturated heterocycles. The number of thiazole rings is 1. The molecule has 0 spiro atoms. The van der Waals surface area contributed by atoms with Crippen LogP contribution in [0.5, 0.6) is 0 Å². The van der Waals surface area contributed by atoms with Gasteiger partial charge >= 0.3 is 6.03 Å². The van der Waals surface area contributed by atoms with E-state index in [0.29, 0.717) is 5.13 Å². The van der Waals surface area contributed by atoms with Crippen LogP contribution in [0, 0.1) is 0 Å². The van der Waals surface area contributed by atoms with E-state index >= 15 is 0 Å². The number of benzene rings is 1. The van der Waals surface area contributed by atoms with Crippen LogP contribution in [-0.4, -0.2) is 29.5 Å².